The zero-order valence-electron chi connectivity index (χ0n) is 12.7. The van der Waals surface area contributed by atoms with Crippen molar-refractivity contribution in [3.8, 4) is 0 Å². The number of nitrogens with zero attached hydrogens (tertiary/aromatic N) is 2. The van der Waals surface area contributed by atoms with Crippen molar-refractivity contribution in [1.82, 2.24) is 9.38 Å². The minimum atomic E-state index is -0.422. The standard InChI is InChI=1S/C17H15ClFN3O/c1-3-13-16(22-9-12(19)5-7-15(22)20-13)17(23)21-14-6-4-11(18)8-10(14)2/h4-9H,3H2,1-2H3,(H,21,23). The van der Waals surface area contributed by atoms with Gasteiger partial charge in [0.05, 0.1) is 5.69 Å². The molecule has 2 heterocycles. The van der Waals surface area contributed by atoms with Crippen LogP contribution in [0.5, 0.6) is 0 Å². The highest BCUT2D eigenvalue weighted by molar-refractivity contribution is 6.30. The highest BCUT2D eigenvalue weighted by Gasteiger charge is 2.19. The van der Waals surface area contributed by atoms with E-state index < -0.39 is 5.82 Å². The lowest BCUT2D eigenvalue weighted by Gasteiger charge is -2.09. The molecule has 6 heteroatoms. The number of nitrogens with one attached hydrogen (secondary N) is 1. The number of imidazole rings is 1. The average Bonchev–Trinajstić information content (AvgIpc) is 2.87. The van der Waals surface area contributed by atoms with Crippen LogP contribution in [0.4, 0.5) is 10.1 Å². The van der Waals surface area contributed by atoms with Gasteiger partial charge in [-0.1, -0.05) is 18.5 Å². The Kier molecular flexibility index (Phi) is 4.05. The molecule has 0 aliphatic carbocycles. The Labute approximate surface area is 137 Å². The fourth-order valence-electron chi connectivity index (χ4n) is 2.50. The van der Waals surface area contributed by atoms with Crippen molar-refractivity contribution in [3.05, 3.63) is 64.3 Å². The van der Waals surface area contributed by atoms with Crippen molar-refractivity contribution in [3.63, 3.8) is 0 Å². The molecule has 0 bridgehead atoms. The number of halogens is 2. The van der Waals surface area contributed by atoms with Crippen LogP contribution in [0.3, 0.4) is 0 Å². The molecule has 3 rings (SSSR count). The van der Waals surface area contributed by atoms with Crippen molar-refractivity contribution in [1.29, 1.82) is 0 Å². The van der Waals surface area contributed by atoms with Crippen molar-refractivity contribution in [2.24, 2.45) is 0 Å². The minimum absolute atomic E-state index is 0.328. The summed E-state index contributed by atoms with van der Waals surface area (Å²) in [5, 5.41) is 3.45. The fraction of sp³-hybridized carbons (Fsp3) is 0.176. The first-order valence-corrected chi connectivity index (χ1v) is 7.61. The molecule has 0 unspecified atom stereocenters. The van der Waals surface area contributed by atoms with E-state index in [0.717, 1.165) is 5.56 Å². The number of aromatic nitrogens is 2. The Balaban J connectivity index is 2.04. The maximum absolute atomic E-state index is 13.5. The van der Waals surface area contributed by atoms with Crippen LogP contribution in [-0.2, 0) is 6.42 Å². The number of benzene rings is 1. The molecule has 3 aromatic rings. The van der Waals surface area contributed by atoms with Crippen LogP contribution < -0.4 is 5.32 Å². The first-order valence-electron chi connectivity index (χ1n) is 7.23. The molecule has 2 aromatic heterocycles. The van der Waals surface area contributed by atoms with Gasteiger partial charge in [0, 0.05) is 16.9 Å². The second-order valence-electron chi connectivity index (χ2n) is 5.25. The predicted molar refractivity (Wildman–Crippen MR) is 88.7 cm³/mol. The summed E-state index contributed by atoms with van der Waals surface area (Å²) in [6.07, 6.45) is 1.84. The van der Waals surface area contributed by atoms with E-state index in [9.17, 15) is 9.18 Å². The fourth-order valence-corrected chi connectivity index (χ4v) is 2.73. The Hall–Kier alpha value is -2.40. The average molecular weight is 332 g/mol. The molecule has 0 saturated heterocycles. The number of rotatable bonds is 3. The van der Waals surface area contributed by atoms with Crippen molar-refractivity contribution in [2.45, 2.75) is 20.3 Å². The van der Waals surface area contributed by atoms with E-state index in [1.54, 1.807) is 24.3 Å². The summed E-state index contributed by atoms with van der Waals surface area (Å²) < 4.78 is 15.0. The lowest BCUT2D eigenvalue weighted by molar-refractivity contribution is 0.102. The van der Waals surface area contributed by atoms with Gasteiger partial charge in [-0.05, 0) is 49.2 Å². The van der Waals surface area contributed by atoms with Gasteiger partial charge in [0.15, 0.2) is 0 Å². The van der Waals surface area contributed by atoms with Gasteiger partial charge in [-0.2, -0.15) is 0 Å². The number of hydrogen-bond acceptors (Lipinski definition) is 2. The van der Waals surface area contributed by atoms with Gasteiger partial charge in [-0.25, -0.2) is 9.37 Å². The summed E-state index contributed by atoms with van der Waals surface area (Å²) in [6.45, 7) is 3.76. The number of hydrogen-bond donors (Lipinski definition) is 1. The van der Waals surface area contributed by atoms with E-state index in [1.165, 1.54) is 16.7 Å². The molecular formula is C17H15ClFN3O. The zero-order chi connectivity index (χ0) is 16.6. The smallest absolute Gasteiger partial charge is 0.274 e. The number of aryl methyl sites for hydroxylation is 2. The van der Waals surface area contributed by atoms with E-state index in [0.29, 0.717) is 34.2 Å². The van der Waals surface area contributed by atoms with Gasteiger partial charge in [-0.15, -0.1) is 0 Å². The van der Waals surface area contributed by atoms with Crippen LogP contribution in [0.2, 0.25) is 5.02 Å². The van der Waals surface area contributed by atoms with Crippen LogP contribution in [0.1, 0.15) is 28.7 Å². The molecule has 0 aliphatic heterocycles. The monoisotopic (exact) mass is 331 g/mol. The van der Waals surface area contributed by atoms with Crippen molar-refractivity contribution < 1.29 is 9.18 Å². The summed E-state index contributed by atoms with van der Waals surface area (Å²) >= 11 is 5.93. The van der Waals surface area contributed by atoms with Crippen LogP contribution in [0.15, 0.2) is 36.5 Å². The molecule has 0 spiro atoms. The third kappa shape index (κ3) is 2.92. The molecule has 23 heavy (non-hydrogen) atoms. The maximum atomic E-state index is 13.5. The van der Waals surface area contributed by atoms with Crippen LogP contribution in [0, 0.1) is 12.7 Å². The topological polar surface area (TPSA) is 46.4 Å². The highest BCUT2D eigenvalue weighted by atomic mass is 35.5. The van der Waals surface area contributed by atoms with Gasteiger partial charge >= 0.3 is 0 Å². The zero-order valence-corrected chi connectivity index (χ0v) is 13.5. The second kappa shape index (κ2) is 6.01. The number of fused-ring (bicyclic) bond motifs is 1. The Bertz CT molecular complexity index is 904. The van der Waals surface area contributed by atoms with E-state index >= 15 is 0 Å². The third-order valence-corrected chi connectivity index (χ3v) is 3.88. The minimum Gasteiger partial charge on any atom is -0.320 e. The number of carbonyl (C=O) groups excluding carboxylic acids is 1. The molecule has 1 aromatic carbocycles. The van der Waals surface area contributed by atoms with E-state index in [-0.39, 0.29) is 5.91 Å². The third-order valence-electron chi connectivity index (χ3n) is 3.64. The quantitative estimate of drug-likeness (QED) is 0.780. The van der Waals surface area contributed by atoms with E-state index in [1.807, 2.05) is 13.8 Å². The number of amides is 1. The lowest BCUT2D eigenvalue weighted by Crippen LogP contribution is -2.17. The molecule has 0 fully saturated rings. The summed E-state index contributed by atoms with van der Waals surface area (Å²) in [5.41, 5.74) is 3.02. The van der Waals surface area contributed by atoms with E-state index in [4.69, 9.17) is 11.6 Å². The van der Waals surface area contributed by atoms with Crippen molar-refractivity contribution >= 4 is 28.8 Å². The Morgan fingerprint density at radius 3 is 2.83 bits per heavy atom. The molecule has 0 atom stereocenters. The molecule has 118 valence electrons. The second-order valence-corrected chi connectivity index (χ2v) is 5.69. The maximum Gasteiger partial charge on any atom is 0.274 e. The van der Waals surface area contributed by atoms with Gasteiger partial charge < -0.3 is 5.32 Å². The summed E-state index contributed by atoms with van der Waals surface area (Å²) in [6, 6.07) is 8.10. The van der Waals surface area contributed by atoms with Gasteiger partial charge in [0.1, 0.15) is 17.2 Å². The van der Waals surface area contributed by atoms with E-state index in [2.05, 4.69) is 10.3 Å². The molecule has 0 aliphatic rings. The van der Waals surface area contributed by atoms with Crippen LogP contribution in [0.25, 0.3) is 5.65 Å². The number of pyridine rings is 1. The number of carbonyl (C=O) groups is 1. The number of anilines is 1. The molecule has 1 N–H and O–H groups in total. The SMILES string of the molecule is CCc1nc2ccc(F)cn2c1C(=O)Nc1ccc(Cl)cc1C. The summed E-state index contributed by atoms with van der Waals surface area (Å²) in [4.78, 5) is 17.1. The predicted octanol–water partition coefficient (Wildman–Crippen LogP) is 4.25. The first-order chi connectivity index (χ1) is 11.0. The molecule has 1 amide bonds. The molecular weight excluding hydrogens is 317 g/mol. The van der Waals surface area contributed by atoms with Crippen LogP contribution in [-0.4, -0.2) is 15.3 Å². The summed E-state index contributed by atoms with van der Waals surface area (Å²) in [5.74, 6) is -0.750. The van der Waals surface area contributed by atoms with Crippen LogP contribution >= 0.6 is 11.6 Å². The van der Waals surface area contributed by atoms with Gasteiger partial charge in [0.25, 0.3) is 5.91 Å². The highest BCUT2D eigenvalue weighted by Crippen LogP contribution is 2.22. The lowest BCUT2D eigenvalue weighted by atomic mass is 10.2. The molecule has 0 radical (unpaired) electrons. The van der Waals surface area contributed by atoms with Crippen molar-refractivity contribution in [2.75, 3.05) is 5.32 Å². The Morgan fingerprint density at radius 2 is 2.13 bits per heavy atom. The summed E-state index contributed by atoms with van der Waals surface area (Å²) in [7, 11) is 0. The van der Waals surface area contributed by atoms with Gasteiger partial charge in [-0.3, -0.25) is 9.20 Å². The molecule has 0 saturated carbocycles. The van der Waals surface area contributed by atoms with Gasteiger partial charge in [0.2, 0.25) is 0 Å². The molecule has 4 nitrogen and oxygen atoms in total. The first kappa shape index (κ1) is 15.5. The normalized spacial score (nSPS) is 11.0. The largest absolute Gasteiger partial charge is 0.320 e. The Morgan fingerprint density at radius 1 is 1.35 bits per heavy atom.